The number of amides is 2. The van der Waals surface area contributed by atoms with E-state index in [4.69, 9.17) is 0 Å². The number of hydrogen-bond donors (Lipinski definition) is 1. The smallest absolute Gasteiger partial charge is 0.242 e. The molecule has 2 amide bonds. The van der Waals surface area contributed by atoms with Crippen LogP contribution in [0.5, 0.6) is 0 Å². The second-order valence-corrected chi connectivity index (χ2v) is 4.62. The van der Waals surface area contributed by atoms with E-state index < -0.39 is 0 Å². The predicted octanol–water partition coefficient (Wildman–Crippen LogP) is 1.95. The number of carbonyl (C=O) groups is 2. The van der Waals surface area contributed by atoms with Gasteiger partial charge in [0.1, 0.15) is 0 Å². The molecule has 0 radical (unpaired) electrons. The molecule has 0 aliphatic carbocycles. The second kappa shape index (κ2) is 8.29. The molecule has 104 valence electrons. The van der Waals surface area contributed by atoms with E-state index in [1.165, 1.54) is 0 Å². The van der Waals surface area contributed by atoms with Gasteiger partial charge in [-0.05, 0) is 12.0 Å². The molecule has 0 aliphatic heterocycles. The van der Waals surface area contributed by atoms with Gasteiger partial charge in [0.2, 0.25) is 11.8 Å². The van der Waals surface area contributed by atoms with Gasteiger partial charge in [-0.2, -0.15) is 0 Å². The molecule has 0 fully saturated rings. The summed E-state index contributed by atoms with van der Waals surface area (Å²) < 4.78 is 0. The molecule has 0 saturated heterocycles. The Balaban J connectivity index is 2.31. The zero-order valence-electron chi connectivity index (χ0n) is 11.7. The van der Waals surface area contributed by atoms with Crippen molar-refractivity contribution in [3.63, 3.8) is 0 Å². The molecule has 1 rings (SSSR count). The number of rotatable bonds is 7. The number of benzene rings is 1. The summed E-state index contributed by atoms with van der Waals surface area (Å²) in [6.45, 7) is 2.67. The van der Waals surface area contributed by atoms with Gasteiger partial charge < -0.3 is 10.2 Å². The number of carbonyl (C=O) groups excluding carboxylic acids is 2. The highest BCUT2D eigenvalue weighted by atomic mass is 16.2. The highest BCUT2D eigenvalue weighted by molar-refractivity contribution is 5.84. The Morgan fingerprint density at radius 1 is 1.21 bits per heavy atom. The quantitative estimate of drug-likeness (QED) is 0.816. The molecule has 1 aromatic rings. The molecule has 0 spiro atoms. The lowest BCUT2D eigenvalue weighted by Gasteiger charge is -2.17. The Morgan fingerprint density at radius 2 is 1.89 bits per heavy atom. The minimum Gasteiger partial charge on any atom is -0.347 e. The van der Waals surface area contributed by atoms with Gasteiger partial charge >= 0.3 is 0 Å². The van der Waals surface area contributed by atoms with Crippen molar-refractivity contribution in [2.45, 2.75) is 32.7 Å². The topological polar surface area (TPSA) is 49.4 Å². The summed E-state index contributed by atoms with van der Waals surface area (Å²) >= 11 is 0. The van der Waals surface area contributed by atoms with Crippen LogP contribution in [0.15, 0.2) is 30.3 Å². The fourth-order valence-corrected chi connectivity index (χ4v) is 1.68. The number of hydrogen-bond acceptors (Lipinski definition) is 2. The van der Waals surface area contributed by atoms with Gasteiger partial charge in [0.05, 0.1) is 6.54 Å². The summed E-state index contributed by atoms with van der Waals surface area (Å²) in [6.07, 6.45) is 2.33. The van der Waals surface area contributed by atoms with Gasteiger partial charge in [0, 0.05) is 20.0 Å². The molecular weight excluding hydrogens is 240 g/mol. The normalized spacial score (nSPS) is 10.0. The van der Waals surface area contributed by atoms with Crippen LogP contribution in [0.3, 0.4) is 0 Å². The fraction of sp³-hybridized carbons (Fsp3) is 0.467. The van der Waals surface area contributed by atoms with E-state index in [0.717, 1.165) is 18.4 Å². The van der Waals surface area contributed by atoms with E-state index in [1.807, 2.05) is 37.3 Å². The van der Waals surface area contributed by atoms with Crippen LogP contribution in [0, 0.1) is 0 Å². The van der Waals surface area contributed by atoms with E-state index >= 15 is 0 Å². The van der Waals surface area contributed by atoms with Crippen LogP contribution >= 0.6 is 0 Å². The maximum absolute atomic E-state index is 11.8. The van der Waals surface area contributed by atoms with E-state index in [9.17, 15) is 9.59 Å². The van der Waals surface area contributed by atoms with Crippen LogP contribution in [0.2, 0.25) is 0 Å². The minimum atomic E-state index is -0.0753. The van der Waals surface area contributed by atoms with E-state index in [1.54, 1.807) is 11.9 Å². The molecule has 0 unspecified atom stereocenters. The molecular formula is C15H22N2O2. The third kappa shape index (κ3) is 6.04. The standard InChI is InChI=1S/C15H22N2O2/c1-3-4-10-14(18)16-11-15(19)17(2)12-13-8-6-5-7-9-13/h5-9H,3-4,10-12H2,1-2H3,(H,16,18). The van der Waals surface area contributed by atoms with Crippen LogP contribution in [0.1, 0.15) is 31.7 Å². The maximum Gasteiger partial charge on any atom is 0.242 e. The molecule has 19 heavy (non-hydrogen) atoms. The first-order chi connectivity index (χ1) is 9.13. The molecule has 1 N–H and O–H groups in total. The van der Waals surface area contributed by atoms with E-state index in [0.29, 0.717) is 13.0 Å². The van der Waals surface area contributed by atoms with Gasteiger partial charge in [-0.1, -0.05) is 43.7 Å². The largest absolute Gasteiger partial charge is 0.347 e. The lowest BCUT2D eigenvalue weighted by molar-refractivity contribution is -0.132. The number of nitrogens with one attached hydrogen (secondary N) is 1. The van der Waals surface area contributed by atoms with Crippen LogP contribution in [0.4, 0.5) is 0 Å². The van der Waals surface area contributed by atoms with Gasteiger partial charge in [-0.15, -0.1) is 0 Å². The molecule has 0 saturated carbocycles. The fourth-order valence-electron chi connectivity index (χ4n) is 1.68. The summed E-state index contributed by atoms with van der Waals surface area (Å²) in [6, 6.07) is 9.78. The number of likely N-dealkylation sites (N-methyl/N-ethyl adjacent to an activating group) is 1. The third-order valence-electron chi connectivity index (χ3n) is 2.88. The zero-order valence-corrected chi connectivity index (χ0v) is 11.7. The van der Waals surface area contributed by atoms with E-state index in [-0.39, 0.29) is 18.4 Å². The Bertz CT molecular complexity index is 404. The van der Waals surface area contributed by atoms with Crippen molar-refractivity contribution in [1.29, 1.82) is 0 Å². The highest BCUT2D eigenvalue weighted by Crippen LogP contribution is 2.02. The molecule has 0 heterocycles. The summed E-state index contributed by atoms with van der Waals surface area (Å²) in [5.41, 5.74) is 1.08. The Morgan fingerprint density at radius 3 is 2.53 bits per heavy atom. The third-order valence-corrected chi connectivity index (χ3v) is 2.88. The minimum absolute atomic E-state index is 0.0525. The van der Waals surface area contributed by atoms with Gasteiger partial charge in [0.15, 0.2) is 0 Å². The first kappa shape index (κ1) is 15.2. The Kier molecular flexibility index (Phi) is 6.64. The van der Waals surface area contributed by atoms with Gasteiger partial charge in [-0.25, -0.2) is 0 Å². The summed E-state index contributed by atoms with van der Waals surface area (Å²) in [7, 11) is 1.74. The van der Waals surface area contributed by atoms with Crippen molar-refractivity contribution in [2.24, 2.45) is 0 Å². The van der Waals surface area contributed by atoms with Crippen LogP contribution < -0.4 is 5.32 Å². The zero-order chi connectivity index (χ0) is 14.1. The van der Waals surface area contributed by atoms with Crippen molar-refractivity contribution in [2.75, 3.05) is 13.6 Å². The summed E-state index contributed by atoms with van der Waals surface area (Å²) in [4.78, 5) is 24.9. The number of nitrogens with zero attached hydrogens (tertiary/aromatic N) is 1. The summed E-state index contributed by atoms with van der Waals surface area (Å²) in [5.74, 6) is -0.128. The Hall–Kier alpha value is -1.84. The van der Waals surface area contributed by atoms with E-state index in [2.05, 4.69) is 5.32 Å². The average Bonchev–Trinajstić information content (AvgIpc) is 2.43. The lowest BCUT2D eigenvalue weighted by Crippen LogP contribution is -2.37. The predicted molar refractivity (Wildman–Crippen MR) is 75.5 cm³/mol. The first-order valence-corrected chi connectivity index (χ1v) is 6.68. The van der Waals surface area contributed by atoms with Crippen LogP contribution in [-0.4, -0.2) is 30.3 Å². The Labute approximate surface area is 114 Å². The van der Waals surface area contributed by atoms with Crippen molar-refractivity contribution < 1.29 is 9.59 Å². The molecule has 0 bridgehead atoms. The second-order valence-electron chi connectivity index (χ2n) is 4.62. The average molecular weight is 262 g/mol. The molecule has 0 aromatic heterocycles. The molecule has 1 aromatic carbocycles. The van der Waals surface area contributed by atoms with Crippen molar-refractivity contribution in [3.8, 4) is 0 Å². The van der Waals surface area contributed by atoms with Crippen molar-refractivity contribution in [1.82, 2.24) is 10.2 Å². The molecule has 4 heteroatoms. The highest BCUT2D eigenvalue weighted by Gasteiger charge is 2.10. The SMILES string of the molecule is CCCCC(=O)NCC(=O)N(C)Cc1ccccc1. The summed E-state index contributed by atoms with van der Waals surface area (Å²) in [5, 5.41) is 2.65. The monoisotopic (exact) mass is 262 g/mol. The van der Waals surface area contributed by atoms with Crippen molar-refractivity contribution >= 4 is 11.8 Å². The van der Waals surface area contributed by atoms with Gasteiger partial charge in [0.25, 0.3) is 0 Å². The molecule has 4 nitrogen and oxygen atoms in total. The number of unbranched alkanes of at least 4 members (excludes halogenated alkanes) is 1. The van der Waals surface area contributed by atoms with Crippen LogP contribution in [-0.2, 0) is 16.1 Å². The van der Waals surface area contributed by atoms with Gasteiger partial charge in [-0.3, -0.25) is 9.59 Å². The van der Waals surface area contributed by atoms with Crippen molar-refractivity contribution in [3.05, 3.63) is 35.9 Å². The lowest BCUT2D eigenvalue weighted by atomic mass is 10.2. The van der Waals surface area contributed by atoms with Crippen LogP contribution in [0.25, 0.3) is 0 Å². The maximum atomic E-state index is 11.8. The molecule has 0 atom stereocenters. The first-order valence-electron chi connectivity index (χ1n) is 6.68. The molecule has 0 aliphatic rings.